The van der Waals surface area contributed by atoms with Gasteiger partial charge in [-0.1, -0.05) is 6.07 Å². The molecule has 2 aromatic carbocycles. The highest BCUT2D eigenvalue weighted by Gasteiger charge is 2.49. The predicted octanol–water partition coefficient (Wildman–Crippen LogP) is 4.97. The first-order valence-corrected chi connectivity index (χ1v) is 20.0. The number of carbonyl (C=O) groups excluding carboxylic acids is 6. The molecule has 2 aromatic heterocycles. The summed E-state index contributed by atoms with van der Waals surface area (Å²) in [6.07, 6.45) is 2.28. The molecule has 60 heavy (non-hydrogen) atoms. The fraction of sp³-hybridized carbons (Fsp3) is 0.429. The minimum Gasteiger partial charge on any atom is -0.494 e. The first-order chi connectivity index (χ1) is 28.7. The van der Waals surface area contributed by atoms with Gasteiger partial charge < -0.3 is 19.9 Å². The summed E-state index contributed by atoms with van der Waals surface area (Å²) in [6.45, 7) is 2.65. The number of carbonyl (C=O) groups is 6. The quantitative estimate of drug-likeness (QED) is 0.242. The van der Waals surface area contributed by atoms with Gasteiger partial charge in [0.05, 0.1) is 35.5 Å². The van der Waals surface area contributed by atoms with E-state index >= 15 is 0 Å². The van der Waals surface area contributed by atoms with Gasteiger partial charge in [-0.3, -0.25) is 43.7 Å². The number of halogens is 3. The lowest BCUT2D eigenvalue weighted by Gasteiger charge is -2.54. The summed E-state index contributed by atoms with van der Waals surface area (Å²) < 4.78 is 46.9. The van der Waals surface area contributed by atoms with Gasteiger partial charge >= 0.3 is 6.18 Å². The number of pyridine rings is 1. The second kappa shape index (κ2) is 14.7. The maximum Gasteiger partial charge on any atom is 0.433 e. The fourth-order valence-corrected chi connectivity index (χ4v) is 9.44. The number of hydrogen-bond acceptors (Lipinski definition) is 10. The maximum absolute atomic E-state index is 13.6. The monoisotopic (exact) mass is 826 g/mol. The van der Waals surface area contributed by atoms with E-state index in [1.807, 2.05) is 15.8 Å². The minimum atomic E-state index is -4.69. The molecule has 6 heterocycles. The number of imide groups is 2. The van der Waals surface area contributed by atoms with Crippen molar-refractivity contribution in [1.82, 2.24) is 29.9 Å². The van der Waals surface area contributed by atoms with Gasteiger partial charge in [-0.15, -0.1) is 0 Å². The lowest BCUT2D eigenvalue weighted by molar-refractivity contribution is -0.151. The van der Waals surface area contributed by atoms with E-state index in [9.17, 15) is 41.9 Å². The van der Waals surface area contributed by atoms with E-state index in [2.05, 4.69) is 20.5 Å². The van der Waals surface area contributed by atoms with E-state index in [4.69, 9.17) is 9.84 Å². The van der Waals surface area contributed by atoms with Crippen LogP contribution in [0.25, 0.3) is 10.9 Å². The average Bonchev–Trinajstić information content (AvgIpc) is 3.75. The molecule has 1 spiro atoms. The number of benzene rings is 2. The van der Waals surface area contributed by atoms with Crippen LogP contribution in [-0.4, -0.2) is 99.3 Å². The highest BCUT2D eigenvalue weighted by molar-refractivity contribution is 6.23. The first kappa shape index (κ1) is 39.1. The van der Waals surface area contributed by atoms with Crippen LogP contribution in [0.5, 0.6) is 5.75 Å². The topological polar surface area (TPSA) is 176 Å². The average molecular weight is 827 g/mol. The largest absolute Gasteiger partial charge is 0.494 e. The summed E-state index contributed by atoms with van der Waals surface area (Å²) >= 11 is 0. The third-order valence-corrected chi connectivity index (χ3v) is 12.8. The summed E-state index contributed by atoms with van der Waals surface area (Å²) in [6, 6.07) is 10.7. The number of likely N-dealkylation sites (tertiary alicyclic amines) is 1. The van der Waals surface area contributed by atoms with Gasteiger partial charge in [0.15, 0.2) is 0 Å². The second-order valence-corrected chi connectivity index (χ2v) is 16.4. The molecule has 2 N–H and O–H groups in total. The molecule has 18 heteroatoms. The van der Waals surface area contributed by atoms with E-state index in [1.54, 1.807) is 30.3 Å². The first-order valence-electron chi connectivity index (χ1n) is 20.0. The van der Waals surface area contributed by atoms with Gasteiger partial charge in [0.1, 0.15) is 23.2 Å². The van der Waals surface area contributed by atoms with Gasteiger partial charge in [-0.2, -0.15) is 18.3 Å². The molecule has 1 aliphatic carbocycles. The number of nitrogens with one attached hydrogen (secondary N) is 2. The third kappa shape index (κ3) is 7.00. The molecule has 6 amide bonds. The number of nitrogens with zero attached hydrogens (tertiary/aromatic N) is 6. The van der Waals surface area contributed by atoms with Gasteiger partial charge in [0.25, 0.3) is 17.7 Å². The number of anilines is 2. The van der Waals surface area contributed by atoms with Crippen molar-refractivity contribution in [3.8, 4) is 5.75 Å². The van der Waals surface area contributed by atoms with E-state index in [-0.39, 0.29) is 58.6 Å². The molecule has 15 nitrogen and oxygen atoms in total. The Morgan fingerprint density at radius 1 is 0.917 bits per heavy atom. The number of piperidine rings is 2. The van der Waals surface area contributed by atoms with Crippen molar-refractivity contribution < 1.29 is 46.7 Å². The number of aromatic nitrogens is 3. The van der Waals surface area contributed by atoms with Crippen LogP contribution >= 0.6 is 0 Å². The van der Waals surface area contributed by atoms with Crippen molar-refractivity contribution in [2.45, 2.75) is 69.6 Å². The van der Waals surface area contributed by atoms with Crippen molar-refractivity contribution in [1.29, 1.82) is 0 Å². The van der Waals surface area contributed by atoms with Crippen LogP contribution in [0.3, 0.4) is 0 Å². The predicted molar refractivity (Wildman–Crippen MR) is 208 cm³/mol. The highest BCUT2D eigenvalue weighted by atomic mass is 19.4. The zero-order chi connectivity index (χ0) is 42.1. The molecule has 1 saturated carbocycles. The maximum atomic E-state index is 13.6. The van der Waals surface area contributed by atoms with Crippen molar-refractivity contribution in [2.75, 3.05) is 43.5 Å². The standard InChI is InChI=1S/C42H41F3N8O7/c1-60-33-19-30-24(17-31(33)47-36(55)29-3-2-4-34(46-29)42(43,44)45)20-52(49-30)25-9-13-41(14-10-25)21-51(22-41)38(57)23-11-15-50(16-12-23)26-5-6-27-28(18-26)40(59)53(39(27)58)32-7-8-35(54)48-37(32)56/h2-6,17-20,23,25,32H,7-16,21-22H2,1H3,(H,47,55)(H,48,54,56). The Labute approximate surface area is 341 Å². The summed E-state index contributed by atoms with van der Waals surface area (Å²) in [7, 11) is 1.43. The molecule has 0 radical (unpaired) electrons. The van der Waals surface area contributed by atoms with E-state index in [0.29, 0.717) is 50.3 Å². The van der Waals surface area contributed by atoms with E-state index in [0.717, 1.165) is 53.8 Å². The van der Waals surface area contributed by atoms with E-state index in [1.165, 1.54) is 13.2 Å². The molecule has 4 fully saturated rings. The van der Waals surface area contributed by atoms with Gasteiger partial charge in [-0.25, -0.2) is 4.98 Å². The molecule has 4 aliphatic heterocycles. The zero-order valence-electron chi connectivity index (χ0n) is 32.6. The fourth-order valence-electron chi connectivity index (χ4n) is 9.44. The lowest BCUT2D eigenvalue weighted by Crippen LogP contribution is -2.61. The number of rotatable bonds is 7. The summed E-state index contributed by atoms with van der Waals surface area (Å²) in [5, 5.41) is 10.4. The Kier molecular flexibility index (Phi) is 9.62. The van der Waals surface area contributed by atoms with Crippen molar-refractivity contribution in [3.05, 3.63) is 77.2 Å². The molecule has 1 atom stereocenters. The number of hydrogen-bond donors (Lipinski definition) is 2. The van der Waals surface area contributed by atoms with Gasteiger partial charge in [0, 0.05) is 67.3 Å². The number of alkyl halides is 3. The van der Waals surface area contributed by atoms with Crippen molar-refractivity contribution in [3.63, 3.8) is 0 Å². The number of ether oxygens (including phenoxy) is 1. The molecule has 4 aromatic rings. The Balaban J connectivity index is 0.771. The van der Waals surface area contributed by atoms with Crippen LogP contribution in [0.1, 0.15) is 94.3 Å². The highest BCUT2D eigenvalue weighted by Crippen LogP contribution is 2.48. The Morgan fingerprint density at radius 3 is 2.35 bits per heavy atom. The Bertz CT molecular complexity index is 2460. The van der Waals surface area contributed by atoms with Crippen molar-refractivity contribution in [2.24, 2.45) is 11.3 Å². The van der Waals surface area contributed by atoms with Gasteiger partial charge in [-0.05, 0) is 81.3 Å². The van der Waals surface area contributed by atoms with Crippen molar-refractivity contribution >= 4 is 57.7 Å². The summed E-state index contributed by atoms with van der Waals surface area (Å²) in [5.41, 5.74) is 0.676. The van der Waals surface area contributed by atoms with E-state index < -0.39 is 47.4 Å². The zero-order valence-corrected chi connectivity index (χ0v) is 32.6. The Hall–Kier alpha value is -6.33. The van der Waals surface area contributed by atoms with Crippen LogP contribution in [0.4, 0.5) is 24.5 Å². The van der Waals surface area contributed by atoms with Crippen LogP contribution < -0.4 is 20.3 Å². The molecule has 0 bridgehead atoms. The second-order valence-electron chi connectivity index (χ2n) is 16.4. The Morgan fingerprint density at radius 2 is 1.65 bits per heavy atom. The summed E-state index contributed by atoms with van der Waals surface area (Å²) in [5.74, 6) is -2.62. The van der Waals surface area contributed by atoms with Crippen LogP contribution in [0.15, 0.2) is 54.7 Å². The SMILES string of the molecule is COc1cc2nn(C3CCC4(CC3)CN(C(=O)C3CCN(c5ccc6c(c5)C(=O)N(C5CCC(=O)NC5=O)C6=O)CC3)C4)cc2cc1NC(=O)c1cccc(C(F)(F)F)n1. The molecular formula is C42H41F3N8O7. The molecule has 9 rings (SSSR count). The number of methoxy groups -OCH3 is 1. The molecule has 1 unspecified atom stereocenters. The smallest absolute Gasteiger partial charge is 0.433 e. The van der Waals surface area contributed by atoms with Crippen LogP contribution in [0, 0.1) is 11.3 Å². The summed E-state index contributed by atoms with van der Waals surface area (Å²) in [4.78, 5) is 85.6. The molecule has 5 aliphatic rings. The minimum absolute atomic E-state index is 0.0524. The van der Waals surface area contributed by atoms with Crippen LogP contribution in [0.2, 0.25) is 0 Å². The molecule has 3 saturated heterocycles. The normalized spacial score (nSPS) is 21.0. The van der Waals surface area contributed by atoms with Gasteiger partial charge in [0.2, 0.25) is 17.7 Å². The molecule has 312 valence electrons. The molecular weight excluding hydrogens is 786 g/mol. The third-order valence-electron chi connectivity index (χ3n) is 12.8. The number of fused-ring (bicyclic) bond motifs is 2. The number of amides is 6. The lowest BCUT2D eigenvalue weighted by atomic mass is 9.67. The van der Waals surface area contributed by atoms with Crippen LogP contribution in [-0.2, 0) is 20.6 Å².